The summed E-state index contributed by atoms with van der Waals surface area (Å²) >= 11 is 0. The van der Waals surface area contributed by atoms with Crippen molar-refractivity contribution in [3.8, 4) is 0 Å². The van der Waals surface area contributed by atoms with Crippen LogP contribution in [0.25, 0.3) is 0 Å². The van der Waals surface area contributed by atoms with E-state index in [0.29, 0.717) is 16.9 Å². The molecule has 0 spiro atoms. The normalized spacial score (nSPS) is 10.3. The molecule has 0 aliphatic heterocycles. The molecule has 120 valence electrons. The average molecular weight is 318 g/mol. The van der Waals surface area contributed by atoms with Crippen molar-refractivity contribution in [3.63, 3.8) is 0 Å². The van der Waals surface area contributed by atoms with Gasteiger partial charge in [0.05, 0.1) is 6.54 Å². The summed E-state index contributed by atoms with van der Waals surface area (Å²) < 4.78 is 26.1. The number of ketones is 1. The van der Waals surface area contributed by atoms with Gasteiger partial charge in [-0.2, -0.15) is 0 Å². The molecule has 0 heterocycles. The van der Waals surface area contributed by atoms with Gasteiger partial charge in [0.1, 0.15) is 0 Å². The summed E-state index contributed by atoms with van der Waals surface area (Å²) in [6, 6.07) is 10.0. The third kappa shape index (κ3) is 4.35. The van der Waals surface area contributed by atoms with E-state index < -0.39 is 11.6 Å². The van der Waals surface area contributed by atoms with Crippen LogP contribution in [0.1, 0.15) is 17.3 Å². The van der Waals surface area contributed by atoms with Crippen LogP contribution in [-0.4, -0.2) is 25.3 Å². The Labute approximate surface area is 132 Å². The van der Waals surface area contributed by atoms with Crippen molar-refractivity contribution in [1.82, 2.24) is 0 Å². The number of benzene rings is 2. The van der Waals surface area contributed by atoms with Crippen LogP contribution in [0.2, 0.25) is 0 Å². The summed E-state index contributed by atoms with van der Waals surface area (Å²) in [6.07, 6.45) is 0. The molecule has 0 aliphatic carbocycles. The van der Waals surface area contributed by atoms with Crippen LogP contribution in [0.3, 0.4) is 0 Å². The minimum absolute atomic E-state index is 0.0463. The van der Waals surface area contributed by atoms with Crippen molar-refractivity contribution in [1.29, 1.82) is 0 Å². The highest BCUT2D eigenvalue weighted by Gasteiger charge is 2.11. The van der Waals surface area contributed by atoms with E-state index in [0.717, 1.165) is 12.1 Å². The molecule has 1 amide bonds. The fourth-order valence-electron chi connectivity index (χ4n) is 2.05. The molecule has 6 heteroatoms. The molecule has 0 atom stereocenters. The average Bonchev–Trinajstić information content (AvgIpc) is 2.50. The first-order chi connectivity index (χ1) is 10.9. The number of anilines is 2. The molecule has 2 rings (SSSR count). The fourth-order valence-corrected chi connectivity index (χ4v) is 2.05. The van der Waals surface area contributed by atoms with Gasteiger partial charge in [-0.1, -0.05) is 12.1 Å². The van der Waals surface area contributed by atoms with Crippen molar-refractivity contribution >= 4 is 23.1 Å². The fraction of sp³-hybridized carbons (Fsp3) is 0.176. The number of nitrogens with one attached hydrogen (secondary N) is 1. The van der Waals surface area contributed by atoms with Crippen LogP contribution in [0.15, 0.2) is 42.5 Å². The Morgan fingerprint density at radius 3 is 2.48 bits per heavy atom. The number of amides is 1. The smallest absolute Gasteiger partial charge is 0.243 e. The SMILES string of the molecule is CC(=O)c1cccc(NC(=O)CN(C)c2ccc(F)c(F)c2)c1. The Balaban J connectivity index is 2.02. The number of hydrogen-bond acceptors (Lipinski definition) is 3. The van der Waals surface area contributed by atoms with Gasteiger partial charge in [-0.15, -0.1) is 0 Å². The summed E-state index contributed by atoms with van der Waals surface area (Å²) in [4.78, 5) is 24.8. The van der Waals surface area contributed by atoms with E-state index in [1.807, 2.05) is 0 Å². The zero-order chi connectivity index (χ0) is 17.0. The molecule has 4 nitrogen and oxygen atoms in total. The highest BCUT2D eigenvalue weighted by molar-refractivity contribution is 5.98. The number of Topliss-reactive ketones (excluding diaryl/α,β-unsaturated/α-hetero) is 1. The van der Waals surface area contributed by atoms with Crippen LogP contribution in [0.5, 0.6) is 0 Å². The molecule has 0 saturated heterocycles. The second-order valence-electron chi connectivity index (χ2n) is 5.14. The molecule has 1 N–H and O–H groups in total. The molecule has 0 radical (unpaired) electrons. The van der Waals surface area contributed by atoms with Crippen LogP contribution in [0, 0.1) is 11.6 Å². The van der Waals surface area contributed by atoms with E-state index in [4.69, 9.17) is 0 Å². The Morgan fingerprint density at radius 1 is 1.09 bits per heavy atom. The minimum atomic E-state index is -0.969. The van der Waals surface area contributed by atoms with Crippen LogP contribution >= 0.6 is 0 Å². The number of halogens is 2. The Bertz CT molecular complexity index is 747. The lowest BCUT2D eigenvalue weighted by molar-refractivity contribution is -0.114. The minimum Gasteiger partial charge on any atom is -0.365 e. The summed E-state index contributed by atoms with van der Waals surface area (Å²) in [5.74, 6) is -2.34. The lowest BCUT2D eigenvalue weighted by atomic mass is 10.1. The van der Waals surface area contributed by atoms with Crippen molar-refractivity contribution in [3.05, 3.63) is 59.7 Å². The molecule has 2 aromatic rings. The van der Waals surface area contributed by atoms with Crippen molar-refractivity contribution in [2.24, 2.45) is 0 Å². The molecule has 0 aliphatic rings. The maximum absolute atomic E-state index is 13.2. The molecule has 23 heavy (non-hydrogen) atoms. The summed E-state index contributed by atoms with van der Waals surface area (Å²) in [5, 5.41) is 2.66. The number of hydrogen-bond donors (Lipinski definition) is 1. The number of carbonyl (C=O) groups excluding carboxylic acids is 2. The molecule has 2 aromatic carbocycles. The molecule has 0 saturated carbocycles. The number of carbonyl (C=O) groups is 2. The topological polar surface area (TPSA) is 49.4 Å². The van der Waals surface area contributed by atoms with E-state index in [1.54, 1.807) is 31.3 Å². The highest BCUT2D eigenvalue weighted by atomic mass is 19.2. The van der Waals surface area contributed by atoms with Crippen LogP contribution in [0.4, 0.5) is 20.2 Å². The van der Waals surface area contributed by atoms with Crippen molar-refractivity contribution in [2.75, 3.05) is 23.8 Å². The predicted octanol–water partition coefficient (Wildman–Crippen LogP) is 3.24. The number of likely N-dealkylation sites (N-methyl/N-ethyl adjacent to an activating group) is 1. The van der Waals surface area contributed by atoms with Gasteiger partial charge in [0.2, 0.25) is 5.91 Å². The third-order valence-electron chi connectivity index (χ3n) is 3.28. The van der Waals surface area contributed by atoms with Gasteiger partial charge in [0, 0.05) is 30.1 Å². The Hall–Kier alpha value is -2.76. The lowest BCUT2D eigenvalue weighted by Crippen LogP contribution is -2.30. The zero-order valence-electron chi connectivity index (χ0n) is 12.8. The second-order valence-corrected chi connectivity index (χ2v) is 5.14. The van der Waals surface area contributed by atoms with Gasteiger partial charge in [0.15, 0.2) is 17.4 Å². The van der Waals surface area contributed by atoms with Gasteiger partial charge in [-0.05, 0) is 31.2 Å². The van der Waals surface area contributed by atoms with E-state index >= 15 is 0 Å². The first-order valence-corrected chi connectivity index (χ1v) is 6.94. The summed E-state index contributed by atoms with van der Waals surface area (Å²) in [6.45, 7) is 1.40. The highest BCUT2D eigenvalue weighted by Crippen LogP contribution is 2.17. The second kappa shape index (κ2) is 7.00. The molecular formula is C17H16F2N2O2. The van der Waals surface area contributed by atoms with E-state index in [-0.39, 0.29) is 18.2 Å². The van der Waals surface area contributed by atoms with Crippen molar-refractivity contribution in [2.45, 2.75) is 6.92 Å². The molecule has 0 unspecified atom stereocenters. The summed E-state index contributed by atoms with van der Waals surface area (Å²) in [5.41, 5.74) is 1.38. The summed E-state index contributed by atoms with van der Waals surface area (Å²) in [7, 11) is 1.60. The lowest BCUT2D eigenvalue weighted by Gasteiger charge is -2.19. The van der Waals surface area contributed by atoms with E-state index in [9.17, 15) is 18.4 Å². The van der Waals surface area contributed by atoms with Gasteiger partial charge in [-0.3, -0.25) is 9.59 Å². The third-order valence-corrected chi connectivity index (χ3v) is 3.28. The standard InChI is InChI=1S/C17H16F2N2O2/c1-11(22)12-4-3-5-13(8-12)20-17(23)10-21(2)14-6-7-15(18)16(19)9-14/h3-9H,10H2,1-2H3,(H,20,23). The number of nitrogens with zero attached hydrogens (tertiary/aromatic N) is 1. The van der Waals surface area contributed by atoms with Crippen LogP contribution in [-0.2, 0) is 4.79 Å². The molecule has 0 aromatic heterocycles. The molecule has 0 fully saturated rings. The van der Waals surface area contributed by atoms with Gasteiger partial charge >= 0.3 is 0 Å². The Morgan fingerprint density at radius 2 is 1.83 bits per heavy atom. The maximum atomic E-state index is 13.2. The van der Waals surface area contributed by atoms with Gasteiger partial charge < -0.3 is 10.2 Å². The first-order valence-electron chi connectivity index (χ1n) is 6.94. The van der Waals surface area contributed by atoms with E-state index in [2.05, 4.69) is 5.32 Å². The maximum Gasteiger partial charge on any atom is 0.243 e. The largest absolute Gasteiger partial charge is 0.365 e. The predicted molar refractivity (Wildman–Crippen MR) is 84.7 cm³/mol. The molecular weight excluding hydrogens is 302 g/mol. The van der Waals surface area contributed by atoms with E-state index in [1.165, 1.54) is 17.9 Å². The van der Waals surface area contributed by atoms with Crippen LogP contribution < -0.4 is 10.2 Å². The van der Waals surface area contributed by atoms with Gasteiger partial charge in [0.25, 0.3) is 0 Å². The monoisotopic (exact) mass is 318 g/mol. The zero-order valence-corrected chi connectivity index (χ0v) is 12.8. The van der Waals surface area contributed by atoms with Crippen molar-refractivity contribution < 1.29 is 18.4 Å². The quantitative estimate of drug-likeness (QED) is 0.861. The Kier molecular flexibility index (Phi) is 5.05. The van der Waals surface area contributed by atoms with Gasteiger partial charge in [-0.25, -0.2) is 8.78 Å². The first kappa shape index (κ1) is 16.6. The number of rotatable bonds is 5. The molecule has 0 bridgehead atoms.